The third-order valence-corrected chi connectivity index (χ3v) is 3.69. The van der Waals surface area contributed by atoms with Crippen molar-refractivity contribution in [2.24, 2.45) is 4.99 Å². The van der Waals surface area contributed by atoms with Gasteiger partial charge in [-0.05, 0) is 19.1 Å². The van der Waals surface area contributed by atoms with Gasteiger partial charge in [-0.15, -0.1) is 0 Å². The fourth-order valence-electron chi connectivity index (χ4n) is 1.41. The summed E-state index contributed by atoms with van der Waals surface area (Å²) in [6.07, 6.45) is 0. The third-order valence-electron chi connectivity index (χ3n) is 2.17. The third kappa shape index (κ3) is 2.47. The predicted molar refractivity (Wildman–Crippen MR) is 63.7 cm³/mol. The summed E-state index contributed by atoms with van der Waals surface area (Å²) in [4.78, 5) is 3.87. The molecular weight excluding hydrogens is 242 g/mol. The normalized spacial score (nSPS) is 17.5. The van der Waals surface area contributed by atoms with Gasteiger partial charge in [-0.3, -0.25) is 0 Å². The van der Waals surface area contributed by atoms with Gasteiger partial charge < -0.3 is 9.84 Å². The average Bonchev–Trinajstić information content (AvgIpc) is 2.50. The number of ether oxygens (including phenoxy) is 1. The summed E-state index contributed by atoms with van der Waals surface area (Å²) in [6.45, 7) is 1.41. The van der Waals surface area contributed by atoms with Crippen molar-refractivity contribution in [3.63, 3.8) is 0 Å². The van der Waals surface area contributed by atoms with E-state index in [1.807, 2.05) is 0 Å². The number of para-hydroxylation sites is 2. The van der Waals surface area contributed by atoms with Crippen LogP contribution in [0, 0.1) is 0 Å². The molecule has 0 atom stereocenters. The second-order valence-corrected chi connectivity index (χ2v) is 5.36. The van der Waals surface area contributed by atoms with Gasteiger partial charge in [0, 0.05) is 0 Å². The molecule has 17 heavy (non-hydrogen) atoms. The van der Waals surface area contributed by atoms with Gasteiger partial charge in [-0.25, -0.2) is 13.4 Å². The maximum Gasteiger partial charge on any atom is 0.218 e. The number of phenolic OH excluding ortho intramolecular Hbond substituents is 1. The molecule has 1 aromatic carbocycles. The van der Waals surface area contributed by atoms with Crippen molar-refractivity contribution in [3.8, 4) is 11.5 Å². The minimum Gasteiger partial charge on any atom is -0.504 e. The summed E-state index contributed by atoms with van der Waals surface area (Å²) in [5.41, 5.74) is 0.431. The van der Waals surface area contributed by atoms with E-state index in [-0.39, 0.29) is 23.1 Å². The van der Waals surface area contributed by atoms with E-state index >= 15 is 0 Å². The lowest BCUT2D eigenvalue weighted by atomic mass is 10.3. The van der Waals surface area contributed by atoms with Gasteiger partial charge in [0.25, 0.3) is 0 Å². The van der Waals surface area contributed by atoms with Gasteiger partial charge in [0.2, 0.25) is 9.84 Å². The van der Waals surface area contributed by atoms with Crippen molar-refractivity contribution in [1.82, 2.24) is 0 Å². The zero-order chi connectivity index (χ0) is 12.5. The summed E-state index contributed by atoms with van der Waals surface area (Å²) in [5, 5.41) is 10.5. The molecule has 0 unspecified atom stereocenters. The highest BCUT2D eigenvalue weighted by Gasteiger charge is 2.23. The number of sulfone groups is 1. The van der Waals surface area contributed by atoms with Gasteiger partial charge in [0.15, 0.2) is 16.5 Å². The zero-order valence-electron chi connectivity index (χ0n) is 9.12. The molecule has 1 aliphatic rings. The van der Waals surface area contributed by atoms with Crippen LogP contribution in [-0.2, 0) is 9.84 Å². The monoisotopic (exact) mass is 253 g/mol. The molecule has 5 nitrogen and oxygen atoms in total. The van der Waals surface area contributed by atoms with Crippen LogP contribution in [0.4, 0.5) is 0 Å². The van der Waals surface area contributed by atoms with Crippen molar-refractivity contribution in [2.45, 2.75) is 6.92 Å². The molecule has 0 saturated carbocycles. The number of hydrogen-bond acceptors (Lipinski definition) is 5. The number of rotatable bonds is 3. The summed E-state index contributed by atoms with van der Waals surface area (Å²) in [7, 11) is -3.44. The molecule has 90 valence electrons. The largest absolute Gasteiger partial charge is 0.504 e. The van der Waals surface area contributed by atoms with Crippen LogP contribution in [0.15, 0.2) is 40.4 Å². The lowest BCUT2D eigenvalue weighted by molar-refractivity contribution is 0.348. The Hall–Kier alpha value is -1.82. The summed E-state index contributed by atoms with van der Waals surface area (Å²) in [5.74, 6) is 0.197. The topological polar surface area (TPSA) is 76.0 Å². The molecule has 1 aromatic rings. The molecule has 1 N–H and O–H groups in total. The maximum absolute atomic E-state index is 11.5. The van der Waals surface area contributed by atoms with Crippen molar-refractivity contribution in [1.29, 1.82) is 0 Å². The van der Waals surface area contributed by atoms with E-state index in [2.05, 4.69) is 4.99 Å². The number of aliphatic imine (C=N–C) groups is 1. The molecule has 0 bridgehead atoms. The smallest absolute Gasteiger partial charge is 0.218 e. The second-order valence-electron chi connectivity index (χ2n) is 3.57. The summed E-state index contributed by atoms with van der Waals surface area (Å²) in [6, 6.07) is 6.35. The lowest BCUT2D eigenvalue weighted by Gasteiger charge is -2.06. The minimum atomic E-state index is -3.44. The van der Waals surface area contributed by atoms with Crippen molar-refractivity contribution >= 4 is 14.9 Å². The highest BCUT2D eigenvalue weighted by molar-refractivity contribution is 8.09. The summed E-state index contributed by atoms with van der Waals surface area (Å²) >= 11 is 0. The van der Waals surface area contributed by atoms with Crippen molar-refractivity contribution in [2.75, 3.05) is 6.61 Å². The van der Waals surface area contributed by atoms with E-state index in [9.17, 15) is 13.5 Å². The molecule has 0 radical (unpaired) electrons. The van der Waals surface area contributed by atoms with Crippen LogP contribution in [0.2, 0.25) is 0 Å². The van der Waals surface area contributed by atoms with Gasteiger partial charge in [0.05, 0.1) is 11.1 Å². The van der Waals surface area contributed by atoms with Crippen LogP contribution >= 0.6 is 0 Å². The highest BCUT2D eigenvalue weighted by Crippen LogP contribution is 2.25. The van der Waals surface area contributed by atoms with Crippen LogP contribution in [-0.4, -0.2) is 25.2 Å². The maximum atomic E-state index is 11.5. The highest BCUT2D eigenvalue weighted by atomic mass is 32.2. The molecule has 1 heterocycles. The van der Waals surface area contributed by atoms with E-state index in [1.165, 1.54) is 6.07 Å². The van der Waals surface area contributed by atoms with Gasteiger partial charge in [-0.2, -0.15) is 0 Å². The Morgan fingerprint density at radius 3 is 2.65 bits per heavy atom. The molecule has 0 aliphatic carbocycles. The Morgan fingerprint density at radius 2 is 2.06 bits per heavy atom. The molecular formula is C11H11NO4S. The van der Waals surface area contributed by atoms with Crippen LogP contribution in [0.25, 0.3) is 0 Å². The number of benzene rings is 1. The fourth-order valence-corrected chi connectivity index (χ4v) is 2.54. The SMILES string of the molecule is CC1=CS(=O)(=O)C(COc2ccccc2O)=N1. The van der Waals surface area contributed by atoms with E-state index in [0.29, 0.717) is 5.70 Å². The van der Waals surface area contributed by atoms with E-state index < -0.39 is 9.84 Å². The molecule has 2 rings (SSSR count). The zero-order valence-corrected chi connectivity index (χ0v) is 9.94. The minimum absolute atomic E-state index is 0.0341. The Balaban J connectivity index is 2.11. The first-order chi connectivity index (χ1) is 7.99. The number of nitrogens with zero attached hydrogens (tertiary/aromatic N) is 1. The first-order valence-corrected chi connectivity index (χ1v) is 6.45. The molecule has 0 spiro atoms. The van der Waals surface area contributed by atoms with Crippen molar-refractivity contribution < 1.29 is 18.3 Å². The Kier molecular flexibility index (Phi) is 2.89. The lowest BCUT2D eigenvalue weighted by Crippen LogP contribution is -2.17. The standard InChI is InChI=1S/C11H11NO4S/c1-8-7-17(14,15)11(12-8)6-16-10-5-3-2-4-9(10)13/h2-5,7,13H,6H2,1H3. The Bertz CT molecular complexity index is 602. The Labute approximate surface area is 99.0 Å². The second kappa shape index (κ2) is 4.21. The molecule has 0 amide bonds. The van der Waals surface area contributed by atoms with Crippen LogP contribution < -0.4 is 4.74 Å². The van der Waals surface area contributed by atoms with Gasteiger partial charge in [0.1, 0.15) is 6.61 Å². The molecule has 6 heteroatoms. The number of hydrogen-bond donors (Lipinski definition) is 1. The summed E-state index contributed by atoms with van der Waals surface area (Å²) < 4.78 is 28.3. The number of aromatic hydroxyl groups is 1. The van der Waals surface area contributed by atoms with E-state index in [1.54, 1.807) is 25.1 Å². The van der Waals surface area contributed by atoms with E-state index in [4.69, 9.17) is 4.74 Å². The Morgan fingerprint density at radius 1 is 1.35 bits per heavy atom. The van der Waals surface area contributed by atoms with Gasteiger partial charge >= 0.3 is 0 Å². The molecule has 0 aromatic heterocycles. The number of phenols is 1. The number of allylic oxidation sites excluding steroid dienone is 1. The van der Waals surface area contributed by atoms with Crippen LogP contribution in [0.5, 0.6) is 11.5 Å². The van der Waals surface area contributed by atoms with Crippen LogP contribution in [0.3, 0.4) is 0 Å². The quantitative estimate of drug-likeness (QED) is 0.884. The van der Waals surface area contributed by atoms with Crippen LogP contribution in [0.1, 0.15) is 6.92 Å². The average molecular weight is 253 g/mol. The first kappa shape index (κ1) is 11.7. The van der Waals surface area contributed by atoms with E-state index in [0.717, 1.165) is 5.41 Å². The van der Waals surface area contributed by atoms with Gasteiger partial charge in [-0.1, -0.05) is 12.1 Å². The fraction of sp³-hybridized carbons (Fsp3) is 0.182. The van der Waals surface area contributed by atoms with Crippen molar-refractivity contribution in [3.05, 3.63) is 35.4 Å². The first-order valence-electron chi connectivity index (χ1n) is 4.91. The molecule has 0 fully saturated rings. The predicted octanol–water partition coefficient (Wildman–Crippen LogP) is 1.46. The molecule has 1 aliphatic heterocycles. The molecule has 0 saturated heterocycles.